The van der Waals surface area contributed by atoms with Crippen LogP contribution >= 0.6 is 0 Å². The van der Waals surface area contributed by atoms with Crippen LogP contribution in [-0.4, -0.2) is 37.0 Å². The van der Waals surface area contributed by atoms with Gasteiger partial charge in [-0.15, -0.1) is 0 Å². The average molecular weight is 332 g/mol. The first-order chi connectivity index (χ1) is 11.6. The van der Waals surface area contributed by atoms with Crippen molar-refractivity contribution in [3.8, 4) is 0 Å². The number of hydrogen-bond donors (Lipinski definition) is 1. The molecule has 1 amide bonds. The Morgan fingerprint density at radius 1 is 1.17 bits per heavy atom. The highest BCUT2D eigenvalue weighted by Gasteiger charge is 2.36. The lowest BCUT2D eigenvalue weighted by Gasteiger charge is -2.31. The van der Waals surface area contributed by atoms with E-state index in [9.17, 15) is 9.18 Å². The lowest BCUT2D eigenvalue weighted by molar-refractivity contribution is -0.122. The summed E-state index contributed by atoms with van der Waals surface area (Å²) in [6.45, 7) is 1.14. The Kier molecular flexibility index (Phi) is 5.54. The normalized spacial score (nSPS) is 20.6. The number of halogens is 1. The second kappa shape index (κ2) is 7.64. The summed E-state index contributed by atoms with van der Waals surface area (Å²) >= 11 is 0. The van der Waals surface area contributed by atoms with Crippen LogP contribution in [-0.2, 0) is 10.2 Å². The van der Waals surface area contributed by atoms with Gasteiger partial charge in [0, 0.05) is 18.0 Å². The third-order valence-corrected chi connectivity index (χ3v) is 5.98. The Bertz CT molecular complexity index is 545. The number of carbonyl (C=O) groups is 1. The summed E-state index contributed by atoms with van der Waals surface area (Å²) in [5.41, 5.74) is 1.14. The van der Waals surface area contributed by atoms with E-state index >= 15 is 0 Å². The molecule has 4 heteroatoms. The van der Waals surface area contributed by atoms with Gasteiger partial charge >= 0.3 is 0 Å². The quantitative estimate of drug-likeness (QED) is 0.863. The van der Waals surface area contributed by atoms with Crippen molar-refractivity contribution >= 4 is 5.91 Å². The molecule has 0 radical (unpaired) electrons. The fourth-order valence-corrected chi connectivity index (χ4v) is 4.45. The van der Waals surface area contributed by atoms with Crippen LogP contribution in [0, 0.1) is 5.82 Å². The van der Waals surface area contributed by atoms with Crippen molar-refractivity contribution in [3.63, 3.8) is 0 Å². The zero-order valence-corrected chi connectivity index (χ0v) is 14.7. The van der Waals surface area contributed by atoms with Crippen molar-refractivity contribution in [1.29, 1.82) is 0 Å². The molecule has 0 heterocycles. The Morgan fingerprint density at radius 2 is 1.79 bits per heavy atom. The number of nitrogens with zero attached hydrogens (tertiary/aromatic N) is 1. The monoisotopic (exact) mass is 332 g/mol. The fraction of sp³-hybridized carbons (Fsp3) is 0.650. The van der Waals surface area contributed by atoms with Crippen molar-refractivity contribution < 1.29 is 9.18 Å². The molecule has 2 saturated carbocycles. The van der Waals surface area contributed by atoms with E-state index in [-0.39, 0.29) is 17.1 Å². The number of benzene rings is 1. The van der Waals surface area contributed by atoms with Crippen LogP contribution in [0.15, 0.2) is 24.3 Å². The predicted molar refractivity (Wildman–Crippen MR) is 94.4 cm³/mol. The Hall–Kier alpha value is -1.42. The molecule has 24 heavy (non-hydrogen) atoms. The molecule has 0 aromatic heterocycles. The predicted octanol–water partition coefficient (Wildman–Crippen LogP) is 3.63. The molecule has 2 aliphatic rings. The molecule has 3 rings (SSSR count). The molecule has 132 valence electrons. The summed E-state index contributed by atoms with van der Waals surface area (Å²) < 4.78 is 13.2. The van der Waals surface area contributed by atoms with Gasteiger partial charge in [-0.05, 0) is 50.4 Å². The van der Waals surface area contributed by atoms with Crippen molar-refractivity contribution in [2.45, 2.75) is 62.8 Å². The van der Waals surface area contributed by atoms with E-state index in [4.69, 9.17) is 0 Å². The lowest BCUT2D eigenvalue weighted by atomic mass is 9.79. The zero-order chi connectivity index (χ0) is 17.0. The zero-order valence-electron chi connectivity index (χ0n) is 14.7. The molecule has 0 aliphatic heterocycles. The van der Waals surface area contributed by atoms with Crippen LogP contribution in [0.3, 0.4) is 0 Å². The van der Waals surface area contributed by atoms with Crippen LogP contribution in [0.2, 0.25) is 0 Å². The first-order valence-electron chi connectivity index (χ1n) is 9.32. The minimum absolute atomic E-state index is 0.0186. The van der Waals surface area contributed by atoms with Crippen molar-refractivity contribution in [2.24, 2.45) is 0 Å². The number of rotatable bonds is 6. The number of nitrogens with one attached hydrogen (secondary N) is 1. The Morgan fingerprint density at radius 3 is 2.42 bits per heavy atom. The standard InChI is InChI=1S/C20H29FN2O/c1-23(18-6-2-3-7-18)14-19(24)22-15-20(12-4-5-13-20)16-8-10-17(21)11-9-16/h8-11,18H,2-7,12-15H2,1H3,(H,22,24). The molecule has 3 nitrogen and oxygen atoms in total. The third kappa shape index (κ3) is 3.97. The number of amides is 1. The highest BCUT2D eigenvalue weighted by Crippen LogP contribution is 2.40. The molecule has 2 aliphatic carbocycles. The summed E-state index contributed by atoms with van der Waals surface area (Å²) in [6.07, 6.45) is 9.47. The molecular formula is C20H29FN2O. The van der Waals surface area contributed by atoms with Crippen LogP contribution in [0.25, 0.3) is 0 Å². The first-order valence-corrected chi connectivity index (χ1v) is 9.32. The van der Waals surface area contributed by atoms with E-state index in [0.717, 1.165) is 18.4 Å². The number of hydrogen-bond acceptors (Lipinski definition) is 2. The minimum atomic E-state index is -0.200. The smallest absolute Gasteiger partial charge is 0.234 e. The SMILES string of the molecule is CN(CC(=O)NCC1(c2ccc(F)cc2)CCCC1)C1CCCC1. The topological polar surface area (TPSA) is 32.3 Å². The van der Waals surface area contributed by atoms with E-state index in [1.807, 2.05) is 12.1 Å². The van der Waals surface area contributed by atoms with Gasteiger partial charge in [-0.25, -0.2) is 4.39 Å². The molecule has 0 saturated heterocycles. The lowest BCUT2D eigenvalue weighted by Crippen LogP contribution is -2.44. The van der Waals surface area contributed by atoms with E-state index < -0.39 is 0 Å². The summed E-state index contributed by atoms with van der Waals surface area (Å²) in [5.74, 6) is -0.0908. The molecule has 1 N–H and O–H groups in total. The van der Waals surface area contributed by atoms with Crippen LogP contribution in [0.4, 0.5) is 4.39 Å². The summed E-state index contributed by atoms with van der Waals surface area (Å²) in [6, 6.07) is 7.40. The highest BCUT2D eigenvalue weighted by atomic mass is 19.1. The van der Waals surface area contributed by atoms with Crippen LogP contribution < -0.4 is 5.32 Å². The van der Waals surface area contributed by atoms with E-state index in [0.29, 0.717) is 19.1 Å². The van der Waals surface area contributed by atoms with Gasteiger partial charge in [0.25, 0.3) is 0 Å². The average Bonchev–Trinajstić information content (AvgIpc) is 3.26. The second-order valence-corrected chi connectivity index (χ2v) is 7.62. The fourth-order valence-electron chi connectivity index (χ4n) is 4.45. The number of carbonyl (C=O) groups excluding carboxylic acids is 1. The van der Waals surface area contributed by atoms with Gasteiger partial charge in [-0.2, -0.15) is 0 Å². The van der Waals surface area contributed by atoms with E-state index in [2.05, 4.69) is 17.3 Å². The highest BCUT2D eigenvalue weighted by molar-refractivity contribution is 5.78. The minimum Gasteiger partial charge on any atom is -0.354 e. The molecular weight excluding hydrogens is 303 g/mol. The van der Waals surface area contributed by atoms with Crippen LogP contribution in [0.1, 0.15) is 56.9 Å². The maximum absolute atomic E-state index is 13.2. The summed E-state index contributed by atoms with van der Waals surface area (Å²) in [5, 5.41) is 3.16. The van der Waals surface area contributed by atoms with Gasteiger partial charge < -0.3 is 5.32 Å². The molecule has 0 unspecified atom stereocenters. The molecule has 2 fully saturated rings. The van der Waals surface area contributed by atoms with Gasteiger partial charge in [0.1, 0.15) is 5.82 Å². The van der Waals surface area contributed by atoms with Crippen molar-refractivity contribution in [2.75, 3.05) is 20.1 Å². The molecule has 0 bridgehead atoms. The largest absolute Gasteiger partial charge is 0.354 e. The van der Waals surface area contributed by atoms with E-state index in [1.165, 1.54) is 50.7 Å². The molecule has 1 aromatic carbocycles. The molecule has 0 atom stereocenters. The summed E-state index contributed by atoms with van der Waals surface area (Å²) in [4.78, 5) is 14.6. The van der Waals surface area contributed by atoms with Gasteiger partial charge in [0.2, 0.25) is 5.91 Å². The van der Waals surface area contributed by atoms with Crippen LogP contribution in [0.5, 0.6) is 0 Å². The number of likely N-dealkylation sites (N-methyl/N-ethyl adjacent to an activating group) is 1. The molecule has 0 spiro atoms. The van der Waals surface area contributed by atoms with Gasteiger partial charge in [0.05, 0.1) is 6.54 Å². The van der Waals surface area contributed by atoms with Gasteiger partial charge in [-0.3, -0.25) is 9.69 Å². The van der Waals surface area contributed by atoms with Crippen molar-refractivity contribution in [3.05, 3.63) is 35.6 Å². The Labute approximate surface area is 144 Å². The van der Waals surface area contributed by atoms with Crippen molar-refractivity contribution in [1.82, 2.24) is 10.2 Å². The Balaban J connectivity index is 1.58. The third-order valence-electron chi connectivity index (χ3n) is 5.98. The van der Waals surface area contributed by atoms with Gasteiger partial charge in [0.15, 0.2) is 0 Å². The summed E-state index contributed by atoms with van der Waals surface area (Å²) in [7, 11) is 2.06. The molecule has 1 aromatic rings. The van der Waals surface area contributed by atoms with E-state index in [1.54, 1.807) is 0 Å². The maximum Gasteiger partial charge on any atom is 0.234 e. The first kappa shape index (κ1) is 17.4. The van der Waals surface area contributed by atoms with Gasteiger partial charge in [-0.1, -0.05) is 37.8 Å². The second-order valence-electron chi connectivity index (χ2n) is 7.62. The maximum atomic E-state index is 13.2.